The molecule has 0 bridgehead atoms. The number of hydrogen-bond donors (Lipinski definition) is 1. The van der Waals surface area contributed by atoms with Gasteiger partial charge in [-0.25, -0.2) is 4.39 Å². The summed E-state index contributed by atoms with van der Waals surface area (Å²) in [5.41, 5.74) is 0.922. The SMILES string of the molecule is O=C(N1CCCc2cn[nH]c21)C1(c2ccccc2F)CC1. The van der Waals surface area contributed by atoms with Gasteiger partial charge in [0.05, 0.1) is 11.6 Å². The van der Waals surface area contributed by atoms with E-state index in [1.807, 2.05) is 0 Å². The van der Waals surface area contributed by atoms with Crippen LogP contribution < -0.4 is 4.90 Å². The predicted octanol–water partition coefficient (Wildman–Crippen LogP) is 2.56. The Kier molecular flexibility index (Phi) is 2.64. The molecule has 2 heterocycles. The fourth-order valence-corrected chi connectivity index (χ4v) is 3.29. The summed E-state index contributed by atoms with van der Waals surface area (Å²) in [6.45, 7) is 0.671. The zero-order valence-corrected chi connectivity index (χ0v) is 11.6. The van der Waals surface area contributed by atoms with Crippen LogP contribution in [0.5, 0.6) is 0 Å². The van der Waals surface area contributed by atoms with Crippen molar-refractivity contribution in [1.82, 2.24) is 10.2 Å². The van der Waals surface area contributed by atoms with Gasteiger partial charge in [-0.05, 0) is 31.7 Å². The molecule has 4 nitrogen and oxygen atoms in total. The highest BCUT2D eigenvalue weighted by atomic mass is 19.1. The average Bonchev–Trinajstić information content (AvgIpc) is 3.16. The highest BCUT2D eigenvalue weighted by Crippen LogP contribution is 2.51. The van der Waals surface area contributed by atoms with Gasteiger partial charge in [0.1, 0.15) is 11.6 Å². The van der Waals surface area contributed by atoms with Crippen LogP contribution >= 0.6 is 0 Å². The Bertz CT molecular complexity index is 705. The maximum absolute atomic E-state index is 14.1. The van der Waals surface area contributed by atoms with E-state index in [9.17, 15) is 9.18 Å². The van der Waals surface area contributed by atoms with Crippen molar-refractivity contribution in [3.05, 3.63) is 47.4 Å². The third-order valence-electron chi connectivity index (χ3n) is 4.59. The maximum atomic E-state index is 14.1. The van der Waals surface area contributed by atoms with Gasteiger partial charge in [0.2, 0.25) is 5.91 Å². The fourth-order valence-electron chi connectivity index (χ4n) is 3.29. The van der Waals surface area contributed by atoms with Gasteiger partial charge in [-0.2, -0.15) is 5.10 Å². The molecule has 0 saturated heterocycles. The number of aryl methyl sites for hydroxylation is 1. The monoisotopic (exact) mass is 285 g/mol. The minimum absolute atomic E-state index is 0.00204. The molecule has 0 unspecified atom stereocenters. The Morgan fingerprint density at radius 3 is 2.90 bits per heavy atom. The van der Waals surface area contributed by atoms with Gasteiger partial charge >= 0.3 is 0 Å². The summed E-state index contributed by atoms with van der Waals surface area (Å²) in [6, 6.07) is 6.62. The van der Waals surface area contributed by atoms with Gasteiger partial charge < -0.3 is 0 Å². The molecule has 1 aliphatic carbocycles. The number of anilines is 1. The summed E-state index contributed by atoms with van der Waals surface area (Å²) in [6.07, 6.45) is 5.06. The molecule has 1 aromatic heterocycles. The summed E-state index contributed by atoms with van der Waals surface area (Å²) in [5, 5.41) is 6.95. The number of carbonyl (C=O) groups is 1. The first kappa shape index (κ1) is 12.6. The van der Waals surface area contributed by atoms with Crippen molar-refractivity contribution in [2.75, 3.05) is 11.4 Å². The van der Waals surface area contributed by atoms with E-state index in [0.717, 1.165) is 24.2 Å². The Labute approximate surface area is 122 Å². The maximum Gasteiger partial charge on any atom is 0.238 e. The van der Waals surface area contributed by atoms with Crippen LogP contribution in [0.2, 0.25) is 0 Å². The summed E-state index contributed by atoms with van der Waals surface area (Å²) < 4.78 is 14.1. The van der Waals surface area contributed by atoms with Gasteiger partial charge in [-0.3, -0.25) is 14.8 Å². The van der Waals surface area contributed by atoms with Gasteiger partial charge in [-0.15, -0.1) is 0 Å². The number of hydrogen-bond acceptors (Lipinski definition) is 2. The first-order valence-corrected chi connectivity index (χ1v) is 7.32. The van der Waals surface area contributed by atoms with E-state index in [-0.39, 0.29) is 11.7 Å². The Morgan fingerprint density at radius 1 is 1.33 bits per heavy atom. The Hall–Kier alpha value is -2.17. The smallest absolute Gasteiger partial charge is 0.238 e. The number of carbonyl (C=O) groups excluding carboxylic acids is 1. The normalized spacial score (nSPS) is 19.2. The number of benzene rings is 1. The topological polar surface area (TPSA) is 49.0 Å². The molecule has 1 N–H and O–H groups in total. The van der Waals surface area contributed by atoms with Crippen LogP contribution in [0.3, 0.4) is 0 Å². The van der Waals surface area contributed by atoms with Gasteiger partial charge in [0.25, 0.3) is 0 Å². The standard InChI is InChI=1S/C16H16FN3O/c17-13-6-2-1-5-12(13)16(7-8-16)15(21)20-9-3-4-11-10-18-19-14(11)20/h1-2,5-6,10H,3-4,7-9H2,(H,18,19). The van der Waals surface area contributed by atoms with Crippen LogP contribution in [0, 0.1) is 5.82 Å². The summed E-state index contributed by atoms with van der Waals surface area (Å²) >= 11 is 0. The molecule has 5 heteroatoms. The number of amides is 1. The zero-order valence-electron chi connectivity index (χ0n) is 11.6. The first-order chi connectivity index (χ1) is 10.2. The Morgan fingerprint density at radius 2 is 2.14 bits per heavy atom. The number of nitrogens with zero attached hydrogens (tertiary/aromatic N) is 2. The van der Waals surface area contributed by atoms with Crippen molar-refractivity contribution in [1.29, 1.82) is 0 Å². The molecular weight excluding hydrogens is 269 g/mol. The third-order valence-corrected chi connectivity index (χ3v) is 4.59. The highest BCUT2D eigenvalue weighted by molar-refractivity contribution is 6.03. The Balaban J connectivity index is 1.72. The summed E-state index contributed by atoms with van der Waals surface area (Å²) in [7, 11) is 0. The molecule has 0 radical (unpaired) electrons. The minimum atomic E-state index is -0.676. The largest absolute Gasteiger partial charge is 0.296 e. The molecule has 2 aromatic rings. The summed E-state index contributed by atoms with van der Waals surface area (Å²) in [4.78, 5) is 14.8. The molecule has 1 fully saturated rings. The number of aromatic nitrogens is 2. The number of halogens is 1. The number of aromatic amines is 1. The number of nitrogens with one attached hydrogen (secondary N) is 1. The molecule has 0 spiro atoms. The van der Waals surface area contributed by atoms with E-state index in [4.69, 9.17) is 0 Å². The van der Waals surface area contributed by atoms with Crippen LogP contribution in [-0.4, -0.2) is 22.6 Å². The highest BCUT2D eigenvalue weighted by Gasteiger charge is 2.55. The molecule has 21 heavy (non-hydrogen) atoms. The molecule has 1 aliphatic heterocycles. The summed E-state index contributed by atoms with van der Waals surface area (Å²) in [5.74, 6) is 0.497. The van der Waals surface area contributed by atoms with Crippen molar-refractivity contribution in [3.8, 4) is 0 Å². The van der Waals surface area contributed by atoms with E-state index in [2.05, 4.69) is 10.2 Å². The molecule has 1 amide bonds. The van der Waals surface area contributed by atoms with Crippen LogP contribution in [0.4, 0.5) is 10.2 Å². The van der Waals surface area contributed by atoms with Crippen molar-refractivity contribution in [3.63, 3.8) is 0 Å². The molecular formula is C16H16FN3O. The van der Waals surface area contributed by atoms with E-state index in [1.165, 1.54) is 6.07 Å². The van der Waals surface area contributed by atoms with Crippen LogP contribution in [0.25, 0.3) is 0 Å². The minimum Gasteiger partial charge on any atom is -0.296 e. The van der Waals surface area contributed by atoms with Gasteiger partial charge in [0, 0.05) is 17.7 Å². The molecule has 2 aliphatic rings. The molecule has 108 valence electrons. The van der Waals surface area contributed by atoms with Crippen LogP contribution in [0.1, 0.15) is 30.4 Å². The van der Waals surface area contributed by atoms with E-state index < -0.39 is 5.41 Å². The second-order valence-electron chi connectivity index (χ2n) is 5.87. The van der Waals surface area contributed by atoms with Crippen molar-refractivity contribution in [2.45, 2.75) is 31.1 Å². The van der Waals surface area contributed by atoms with Crippen LogP contribution in [0.15, 0.2) is 30.5 Å². The third kappa shape index (κ3) is 1.80. The quantitative estimate of drug-likeness (QED) is 0.922. The second kappa shape index (κ2) is 4.41. The van der Waals surface area contributed by atoms with Crippen molar-refractivity contribution in [2.24, 2.45) is 0 Å². The zero-order chi connectivity index (χ0) is 14.4. The lowest BCUT2D eigenvalue weighted by Gasteiger charge is -2.30. The predicted molar refractivity (Wildman–Crippen MR) is 76.6 cm³/mol. The molecule has 1 saturated carbocycles. The lowest BCUT2D eigenvalue weighted by Crippen LogP contribution is -2.42. The van der Waals surface area contributed by atoms with Crippen molar-refractivity contribution < 1.29 is 9.18 Å². The second-order valence-corrected chi connectivity index (χ2v) is 5.87. The van der Waals surface area contributed by atoms with E-state index in [1.54, 1.807) is 29.3 Å². The molecule has 4 rings (SSSR count). The lowest BCUT2D eigenvalue weighted by atomic mass is 9.92. The fraction of sp³-hybridized carbons (Fsp3) is 0.375. The van der Waals surface area contributed by atoms with Gasteiger partial charge in [-0.1, -0.05) is 18.2 Å². The van der Waals surface area contributed by atoms with E-state index in [0.29, 0.717) is 24.9 Å². The van der Waals surface area contributed by atoms with Crippen molar-refractivity contribution >= 4 is 11.7 Å². The van der Waals surface area contributed by atoms with Crippen LogP contribution in [-0.2, 0) is 16.6 Å². The molecule has 1 aromatic carbocycles. The first-order valence-electron chi connectivity index (χ1n) is 7.32. The lowest BCUT2D eigenvalue weighted by molar-refractivity contribution is -0.121. The molecule has 0 atom stereocenters. The average molecular weight is 285 g/mol. The number of rotatable bonds is 2. The van der Waals surface area contributed by atoms with Gasteiger partial charge in [0.15, 0.2) is 0 Å². The number of H-pyrrole nitrogens is 1. The van der Waals surface area contributed by atoms with E-state index >= 15 is 0 Å². The number of fused-ring (bicyclic) bond motifs is 1.